The van der Waals surface area contributed by atoms with Crippen molar-refractivity contribution in [2.45, 2.75) is 13.5 Å². The molecule has 0 amide bonds. The number of H-pyrrole nitrogens is 1. The van der Waals surface area contributed by atoms with Gasteiger partial charge in [0.1, 0.15) is 24.0 Å². The maximum Gasteiger partial charge on any atom is 0.138 e. The highest BCUT2D eigenvalue weighted by Gasteiger charge is 2.16. The molecular formula is C27H25FN6O. The van der Waals surface area contributed by atoms with Crippen molar-refractivity contribution in [1.29, 1.82) is 0 Å². The van der Waals surface area contributed by atoms with Crippen LogP contribution in [0.3, 0.4) is 0 Å². The second-order valence-corrected chi connectivity index (χ2v) is 8.15. The molecule has 0 aliphatic heterocycles. The van der Waals surface area contributed by atoms with Crippen molar-refractivity contribution in [3.63, 3.8) is 0 Å². The van der Waals surface area contributed by atoms with Crippen LogP contribution in [0.4, 0.5) is 10.1 Å². The highest BCUT2D eigenvalue weighted by molar-refractivity contribution is 5.87. The second kappa shape index (κ2) is 9.90. The molecule has 35 heavy (non-hydrogen) atoms. The van der Waals surface area contributed by atoms with Gasteiger partial charge in [-0.3, -0.25) is 9.97 Å². The van der Waals surface area contributed by atoms with Crippen molar-refractivity contribution < 1.29 is 9.13 Å². The van der Waals surface area contributed by atoms with E-state index in [9.17, 15) is 4.39 Å². The van der Waals surface area contributed by atoms with E-state index in [1.807, 2.05) is 55.5 Å². The number of fused-ring (bicyclic) bond motifs is 1. The van der Waals surface area contributed by atoms with Crippen LogP contribution in [-0.4, -0.2) is 33.1 Å². The number of imidazole rings is 1. The molecule has 7 nitrogen and oxygen atoms in total. The molecule has 176 valence electrons. The third kappa shape index (κ3) is 5.12. The molecule has 0 unspecified atom stereocenters. The third-order valence-corrected chi connectivity index (χ3v) is 5.50. The molecule has 0 saturated carbocycles. The first kappa shape index (κ1) is 22.5. The van der Waals surface area contributed by atoms with Crippen LogP contribution in [0.5, 0.6) is 5.75 Å². The van der Waals surface area contributed by atoms with Crippen LogP contribution >= 0.6 is 0 Å². The number of nitrogens with zero attached hydrogens (tertiary/aromatic N) is 3. The van der Waals surface area contributed by atoms with Crippen LogP contribution < -0.4 is 15.8 Å². The summed E-state index contributed by atoms with van der Waals surface area (Å²) in [7, 11) is 0. The Balaban J connectivity index is 1.53. The summed E-state index contributed by atoms with van der Waals surface area (Å²) in [4.78, 5) is 17.5. The fourth-order valence-electron chi connectivity index (χ4n) is 3.88. The van der Waals surface area contributed by atoms with E-state index in [0.717, 1.165) is 39.2 Å². The number of anilines is 1. The van der Waals surface area contributed by atoms with Gasteiger partial charge in [0.2, 0.25) is 0 Å². The number of hydrogen-bond acceptors (Lipinski definition) is 6. The number of hydrogen-bond donors (Lipinski definition) is 3. The fraction of sp³-hybridized carbons (Fsp3) is 0.148. The fourth-order valence-corrected chi connectivity index (χ4v) is 3.88. The Morgan fingerprint density at radius 2 is 1.91 bits per heavy atom. The maximum absolute atomic E-state index is 13.6. The third-order valence-electron chi connectivity index (χ3n) is 5.50. The quantitative estimate of drug-likeness (QED) is 0.293. The van der Waals surface area contributed by atoms with Crippen molar-refractivity contribution in [2.24, 2.45) is 5.73 Å². The summed E-state index contributed by atoms with van der Waals surface area (Å²) in [5.41, 5.74) is 11.3. The Kier molecular flexibility index (Phi) is 6.36. The number of pyridine rings is 2. The van der Waals surface area contributed by atoms with Gasteiger partial charge >= 0.3 is 0 Å². The SMILES string of the molecule is Cc1cccc(-c2[nH]c(CNc3cccc(F)c3)nc2-c2ccc3ncc(OCCN)cc3c2)n1. The van der Waals surface area contributed by atoms with E-state index in [2.05, 4.69) is 15.3 Å². The predicted molar refractivity (Wildman–Crippen MR) is 136 cm³/mol. The van der Waals surface area contributed by atoms with Crippen LogP contribution in [0.1, 0.15) is 11.5 Å². The first-order chi connectivity index (χ1) is 17.1. The minimum Gasteiger partial charge on any atom is -0.491 e. The zero-order valence-corrected chi connectivity index (χ0v) is 19.3. The molecule has 3 aromatic heterocycles. The summed E-state index contributed by atoms with van der Waals surface area (Å²) in [6.07, 6.45) is 1.70. The van der Waals surface area contributed by atoms with Gasteiger partial charge in [0.25, 0.3) is 0 Å². The van der Waals surface area contributed by atoms with Crippen LogP contribution in [0.2, 0.25) is 0 Å². The highest BCUT2D eigenvalue weighted by Crippen LogP contribution is 2.32. The van der Waals surface area contributed by atoms with Crippen molar-refractivity contribution in [2.75, 3.05) is 18.5 Å². The monoisotopic (exact) mass is 468 g/mol. The lowest BCUT2D eigenvalue weighted by molar-refractivity contribution is 0.327. The van der Waals surface area contributed by atoms with Crippen molar-refractivity contribution in [3.8, 4) is 28.4 Å². The van der Waals surface area contributed by atoms with Gasteiger partial charge in [-0.05, 0) is 55.5 Å². The van der Waals surface area contributed by atoms with Gasteiger partial charge in [-0.1, -0.05) is 18.2 Å². The van der Waals surface area contributed by atoms with Gasteiger partial charge in [-0.25, -0.2) is 9.37 Å². The van der Waals surface area contributed by atoms with E-state index >= 15 is 0 Å². The Bertz CT molecular complexity index is 1480. The molecule has 4 N–H and O–H groups in total. The summed E-state index contributed by atoms with van der Waals surface area (Å²) < 4.78 is 19.2. The van der Waals surface area contributed by atoms with E-state index in [4.69, 9.17) is 20.4 Å². The number of halogens is 1. The lowest BCUT2D eigenvalue weighted by Gasteiger charge is -2.07. The van der Waals surface area contributed by atoms with E-state index in [0.29, 0.717) is 37.0 Å². The molecule has 5 rings (SSSR count). The molecule has 2 aromatic carbocycles. The molecule has 0 radical (unpaired) electrons. The number of rotatable bonds is 8. The van der Waals surface area contributed by atoms with Gasteiger partial charge in [0.15, 0.2) is 0 Å². The smallest absolute Gasteiger partial charge is 0.138 e. The molecule has 0 aliphatic carbocycles. The number of nitrogens with two attached hydrogens (primary N) is 1. The topological polar surface area (TPSA) is 102 Å². The van der Waals surface area contributed by atoms with Gasteiger partial charge in [0.05, 0.1) is 35.3 Å². The van der Waals surface area contributed by atoms with E-state index in [1.54, 1.807) is 12.3 Å². The molecule has 8 heteroatoms. The lowest BCUT2D eigenvalue weighted by Crippen LogP contribution is -2.10. The number of ether oxygens (including phenoxy) is 1. The predicted octanol–water partition coefficient (Wildman–Crippen LogP) is 5.08. The standard InChI is InChI=1S/C27H25FN6O/c1-17-4-2-7-24(32-17)27-26(33-25(34-27)16-30-21-6-3-5-20(28)14-21)18-8-9-23-19(12-18)13-22(15-31-23)35-11-10-29/h2-9,12-15,30H,10-11,16,29H2,1H3,(H,33,34). The van der Waals surface area contributed by atoms with Gasteiger partial charge in [0, 0.05) is 28.9 Å². The highest BCUT2D eigenvalue weighted by atomic mass is 19.1. The van der Waals surface area contributed by atoms with E-state index in [1.165, 1.54) is 12.1 Å². The van der Waals surface area contributed by atoms with Gasteiger partial charge in [-0.2, -0.15) is 0 Å². The lowest BCUT2D eigenvalue weighted by atomic mass is 10.1. The molecule has 0 aliphatic rings. The normalized spacial score (nSPS) is 11.1. The molecule has 0 spiro atoms. The van der Waals surface area contributed by atoms with Gasteiger partial charge in [-0.15, -0.1) is 0 Å². The average molecular weight is 469 g/mol. The van der Waals surface area contributed by atoms with Crippen LogP contribution in [0.25, 0.3) is 33.5 Å². The molecule has 0 bridgehead atoms. The number of aryl methyl sites for hydroxylation is 1. The maximum atomic E-state index is 13.6. The van der Waals surface area contributed by atoms with E-state index in [-0.39, 0.29) is 5.82 Å². The van der Waals surface area contributed by atoms with Crippen LogP contribution in [-0.2, 0) is 6.54 Å². The first-order valence-corrected chi connectivity index (χ1v) is 11.3. The average Bonchev–Trinajstić information content (AvgIpc) is 3.30. The largest absolute Gasteiger partial charge is 0.491 e. The Morgan fingerprint density at radius 3 is 2.74 bits per heavy atom. The molecule has 0 atom stereocenters. The Morgan fingerprint density at radius 1 is 1.03 bits per heavy atom. The minimum atomic E-state index is -0.292. The number of nitrogens with one attached hydrogen (secondary N) is 2. The van der Waals surface area contributed by atoms with E-state index < -0.39 is 0 Å². The van der Waals surface area contributed by atoms with Gasteiger partial charge < -0.3 is 20.8 Å². The summed E-state index contributed by atoms with van der Waals surface area (Å²) >= 11 is 0. The summed E-state index contributed by atoms with van der Waals surface area (Å²) in [5.74, 6) is 1.09. The van der Waals surface area contributed by atoms with Crippen LogP contribution in [0.15, 0.2) is 72.9 Å². The Labute approximate surface area is 202 Å². The summed E-state index contributed by atoms with van der Waals surface area (Å²) in [5, 5.41) is 4.16. The molecular weight excluding hydrogens is 443 g/mol. The van der Waals surface area contributed by atoms with Crippen molar-refractivity contribution in [3.05, 3.63) is 90.3 Å². The molecule has 5 aromatic rings. The summed E-state index contributed by atoms with van der Waals surface area (Å²) in [6, 6.07) is 20.2. The molecule has 0 saturated heterocycles. The van der Waals surface area contributed by atoms with Crippen LogP contribution in [0, 0.1) is 12.7 Å². The summed E-state index contributed by atoms with van der Waals surface area (Å²) in [6.45, 7) is 3.22. The molecule has 0 fully saturated rings. The zero-order valence-electron chi connectivity index (χ0n) is 19.3. The Hall–Kier alpha value is -4.30. The zero-order chi connectivity index (χ0) is 24.2. The molecule has 3 heterocycles. The minimum absolute atomic E-state index is 0.292. The number of aromatic nitrogens is 4. The number of aromatic amines is 1. The number of benzene rings is 2. The second-order valence-electron chi connectivity index (χ2n) is 8.15. The van der Waals surface area contributed by atoms with Crippen molar-refractivity contribution in [1.82, 2.24) is 19.9 Å². The van der Waals surface area contributed by atoms with Crippen molar-refractivity contribution >= 4 is 16.6 Å². The first-order valence-electron chi connectivity index (χ1n) is 11.3.